The highest BCUT2D eigenvalue weighted by atomic mass is 35.5. The second kappa shape index (κ2) is 10.7. The van der Waals surface area contributed by atoms with Crippen LogP contribution < -0.4 is 15.8 Å². The molecule has 0 aliphatic heterocycles. The van der Waals surface area contributed by atoms with Crippen LogP contribution in [-0.4, -0.2) is 44.6 Å². The first-order valence-corrected chi connectivity index (χ1v) is 6.29. The van der Waals surface area contributed by atoms with Crippen LogP contribution in [0.25, 0.3) is 0 Å². The van der Waals surface area contributed by atoms with Crippen molar-refractivity contribution in [2.45, 2.75) is 19.0 Å². The summed E-state index contributed by atoms with van der Waals surface area (Å²) in [5.41, 5.74) is 6.63. The van der Waals surface area contributed by atoms with E-state index in [2.05, 4.69) is 10.2 Å². The molecule has 7 heteroatoms. The standard InChI is InChI=1S/C14H23N3O2.2ClH/c1-10(15)14(18)16-9-13(17(2)3)11-6-5-7-12(8-11)19-4;;/h5-8,10,13H,9,15H2,1-4H3,(H,16,18);2*1H/t10-,13?;;/m1../s1. The number of rotatable bonds is 6. The van der Waals surface area contributed by atoms with Crippen LogP contribution in [0.1, 0.15) is 18.5 Å². The van der Waals surface area contributed by atoms with Gasteiger partial charge in [0.25, 0.3) is 0 Å². The zero-order valence-corrected chi connectivity index (χ0v) is 14.5. The number of nitrogens with one attached hydrogen (secondary N) is 1. The smallest absolute Gasteiger partial charge is 0.236 e. The van der Waals surface area contributed by atoms with E-state index >= 15 is 0 Å². The molecular weight excluding hydrogens is 313 g/mol. The van der Waals surface area contributed by atoms with Gasteiger partial charge in [0.1, 0.15) is 5.75 Å². The summed E-state index contributed by atoms with van der Waals surface area (Å²) in [6.07, 6.45) is 0. The zero-order chi connectivity index (χ0) is 14.4. The number of nitrogens with zero attached hydrogens (tertiary/aromatic N) is 1. The minimum absolute atomic E-state index is 0. The van der Waals surface area contributed by atoms with Crippen LogP contribution >= 0.6 is 24.8 Å². The molecule has 0 saturated heterocycles. The Morgan fingerprint density at radius 1 is 1.38 bits per heavy atom. The van der Waals surface area contributed by atoms with E-state index < -0.39 is 6.04 Å². The topological polar surface area (TPSA) is 67.6 Å². The summed E-state index contributed by atoms with van der Waals surface area (Å²) < 4.78 is 5.22. The Labute approximate surface area is 139 Å². The Kier molecular flexibility index (Phi) is 11.3. The van der Waals surface area contributed by atoms with Crippen LogP contribution in [0.4, 0.5) is 0 Å². The lowest BCUT2D eigenvalue weighted by atomic mass is 10.1. The molecule has 0 spiro atoms. The van der Waals surface area contributed by atoms with Crippen molar-refractivity contribution < 1.29 is 9.53 Å². The number of nitrogens with two attached hydrogens (primary N) is 1. The van der Waals surface area contributed by atoms with E-state index in [0.29, 0.717) is 6.54 Å². The van der Waals surface area contributed by atoms with E-state index in [0.717, 1.165) is 11.3 Å². The quantitative estimate of drug-likeness (QED) is 0.827. The molecule has 3 N–H and O–H groups in total. The van der Waals surface area contributed by atoms with Gasteiger partial charge in [-0.05, 0) is 38.7 Å². The molecule has 5 nitrogen and oxygen atoms in total. The molecule has 0 radical (unpaired) electrons. The summed E-state index contributed by atoms with van der Waals surface area (Å²) >= 11 is 0. The third-order valence-corrected chi connectivity index (χ3v) is 2.99. The van der Waals surface area contributed by atoms with Crippen molar-refractivity contribution in [3.63, 3.8) is 0 Å². The van der Waals surface area contributed by atoms with Gasteiger partial charge in [0.05, 0.1) is 19.2 Å². The van der Waals surface area contributed by atoms with Crippen LogP contribution in [0.3, 0.4) is 0 Å². The van der Waals surface area contributed by atoms with E-state index in [1.165, 1.54) is 0 Å². The fourth-order valence-corrected chi connectivity index (χ4v) is 1.81. The van der Waals surface area contributed by atoms with Crippen LogP contribution in [0.15, 0.2) is 24.3 Å². The third-order valence-electron chi connectivity index (χ3n) is 2.99. The number of carbonyl (C=O) groups excluding carboxylic acids is 1. The van der Waals surface area contributed by atoms with Crippen LogP contribution in [0, 0.1) is 0 Å². The summed E-state index contributed by atoms with van der Waals surface area (Å²) in [7, 11) is 5.59. The van der Waals surface area contributed by atoms with E-state index in [-0.39, 0.29) is 36.8 Å². The van der Waals surface area contributed by atoms with Gasteiger partial charge >= 0.3 is 0 Å². The molecule has 1 aromatic rings. The highest BCUT2D eigenvalue weighted by molar-refractivity contribution is 5.85. The second-order valence-corrected chi connectivity index (χ2v) is 4.79. The first kappa shape index (κ1) is 22.3. The van der Waals surface area contributed by atoms with E-state index in [9.17, 15) is 4.79 Å². The number of methoxy groups -OCH3 is 1. The molecule has 0 aromatic heterocycles. The predicted molar refractivity (Wildman–Crippen MR) is 90.6 cm³/mol. The molecule has 1 aromatic carbocycles. The Morgan fingerprint density at radius 3 is 2.48 bits per heavy atom. The summed E-state index contributed by atoms with van der Waals surface area (Å²) in [5.74, 6) is 0.664. The summed E-state index contributed by atoms with van der Waals surface area (Å²) in [4.78, 5) is 13.6. The normalized spacial score (nSPS) is 12.7. The van der Waals surface area contributed by atoms with Gasteiger partial charge in [0.2, 0.25) is 5.91 Å². The number of amides is 1. The van der Waals surface area contributed by atoms with Gasteiger partial charge in [-0.3, -0.25) is 4.79 Å². The Balaban J connectivity index is 0. The Morgan fingerprint density at radius 2 is 2.00 bits per heavy atom. The van der Waals surface area contributed by atoms with Gasteiger partial charge in [0, 0.05) is 6.54 Å². The van der Waals surface area contributed by atoms with Gasteiger partial charge < -0.3 is 20.7 Å². The van der Waals surface area contributed by atoms with Gasteiger partial charge in [-0.1, -0.05) is 12.1 Å². The fraction of sp³-hybridized carbons (Fsp3) is 0.500. The SMILES string of the molecule is COc1cccc(C(CNC(=O)[C@@H](C)N)N(C)C)c1.Cl.Cl. The molecule has 1 rings (SSSR count). The maximum absolute atomic E-state index is 11.5. The first-order valence-electron chi connectivity index (χ1n) is 6.29. The van der Waals surface area contributed by atoms with Crippen LogP contribution in [0.2, 0.25) is 0 Å². The number of carbonyl (C=O) groups is 1. The number of likely N-dealkylation sites (N-methyl/N-ethyl adjacent to an activating group) is 1. The largest absolute Gasteiger partial charge is 0.497 e. The van der Waals surface area contributed by atoms with E-state index in [1.807, 2.05) is 38.4 Å². The van der Waals surface area contributed by atoms with Crippen LogP contribution in [-0.2, 0) is 4.79 Å². The zero-order valence-electron chi connectivity index (χ0n) is 12.8. The molecule has 0 saturated carbocycles. The highest BCUT2D eigenvalue weighted by Gasteiger charge is 2.16. The van der Waals surface area contributed by atoms with Gasteiger partial charge in [-0.25, -0.2) is 0 Å². The molecule has 0 aliphatic rings. The number of benzene rings is 1. The lowest BCUT2D eigenvalue weighted by molar-refractivity contribution is -0.122. The molecule has 0 bridgehead atoms. The lowest BCUT2D eigenvalue weighted by Gasteiger charge is -2.25. The van der Waals surface area contributed by atoms with Gasteiger partial charge in [0.15, 0.2) is 0 Å². The molecule has 0 aliphatic carbocycles. The molecule has 0 heterocycles. The number of halogens is 2. The van der Waals surface area contributed by atoms with Crippen molar-refractivity contribution in [3.8, 4) is 5.75 Å². The lowest BCUT2D eigenvalue weighted by Crippen LogP contribution is -2.42. The van der Waals surface area contributed by atoms with Gasteiger partial charge in [-0.2, -0.15) is 0 Å². The molecule has 2 atom stereocenters. The Bertz CT molecular complexity index is 428. The predicted octanol–water partition coefficient (Wildman–Crippen LogP) is 1.60. The summed E-state index contributed by atoms with van der Waals surface area (Å²) in [6, 6.07) is 7.42. The molecule has 21 heavy (non-hydrogen) atoms. The second-order valence-electron chi connectivity index (χ2n) is 4.79. The Hall–Kier alpha value is -1.01. The number of hydrogen-bond donors (Lipinski definition) is 2. The number of hydrogen-bond acceptors (Lipinski definition) is 4. The first-order chi connectivity index (χ1) is 8.95. The van der Waals surface area contributed by atoms with Crippen molar-refractivity contribution in [3.05, 3.63) is 29.8 Å². The van der Waals surface area contributed by atoms with Crippen molar-refractivity contribution in [1.29, 1.82) is 0 Å². The minimum Gasteiger partial charge on any atom is -0.497 e. The van der Waals surface area contributed by atoms with Crippen LogP contribution in [0.5, 0.6) is 5.75 Å². The monoisotopic (exact) mass is 337 g/mol. The molecule has 122 valence electrons. The maximum atomic E-state index is 11.5. The summed E-state index contributed by atoms with van der Waals surface area (Å²) in [6.45, 7) is 2.19. The van der Waals surface area contributed by atoms with Crippen molar-refractivity contribution in [1.82, 2.24) is 10.2 Å². The average molecular weight is 338 g/mol. The van der Waals surface area contributed by atoms with Crippen molar-refractivity contribution >= 4 is 30.7 Å². The average Bonchev–Trinajstić information content (AvgIpc) is 2.38. The molecule has 0 fully saturated rings. The highest BCUT2D eigenvalue weighted by Crippen LogP contribution is 2.21. The minimum atomic E-state index is -0.492. The molecule has 1 unspecified atom stereocenters. The molecule has 1 amide bonds. The molecular formula is C14H25Cl2N3O2. The van der Waals surface area contributed by atoms with Crippen molar-refractivity contribution in [2.75, 3.05) is 27.7 Å². The fourth-order valence-electron chi connectivity index (χ4n) is 1.81. The van der Waals surface area contributed by atoms with Crippen molar-refractivity contribution in [2.24, 2.45) is 5.73 Å². The third kappa shape index (κ3) is 7.00. The summed E-state index contributed by atoms with van der Waals surface area (Å²) in [5, 5.41) is 2.85. The van der Waals surface area contributed by atoms with E-state index in [1.54, 1.807) is 14.0 Å². The number of ether oxygens (including phenoxy) is 1. The maximum Gasteiger partial charge on any atom is 0.236 e. The van der Waals surface area contributed by atoms with Gasteiger partial charge in [-0.15, -0.1) is 24.8 Å². The van der Waals surface area contributed by atoms with E-state index in [4.69, 9.17) is 10.5 Å².